The third kappa shape index (κ3) is 3.45. The summed E-state index contributed by atoms with van der Waals surface area (Å²) in [6, 6.07) is 13.0. The molecule has 0 fully saturated rings. The monoisotopic (exact) mass is 335 g/mol. The van der Waals surface area contributed by atoms with Crippen molar-refractivity contribution in [1.82, 2.24) is 0 Å². The summed E-state index contributed by atoms with van der Waals surface area (Å²) in [6.07, 6.45) is 0. The average molecular weight is 335 g/mol. The largest absolute Gasteiger partial charge is 0.290 e. The Morgan fingerprint density at radius 3 is 1.64 bits per heavy atom. The number of nitrogens with zero attached hydrogens (tertiary/aromatic N) is 1. The van der Waals surface area contributed by atoms with E-state index in [0.29, 0.717) is 4.90 Å². The number of rotatable bonds is 4. The fraction of sp³-hybridized carbons (Fsp3) is 0.125. The predicted octanol–water partition coefficient (Wildman–Crippen LogP) is 3.66. The van der Waals surface area contributed by atoms with Gasteiger partial charge in [-0.05, 0) is 38.1 Å². The van der Waals surface area contributed by atoms with Crippen molar-refractivity contribution in [3.8, 4) is 0 Å². The number of hydrogen-bond donors (Lipinski definition) is 0. The second-order valence-electron chi connectivity index (χ2n) is 4.91. The van der Waals surface area contributed by atoms with Gasteiger partial charge in [0.05, 0.1) is 9.79 Å². The van der Waals surface area contributed by atoms with Gasteiger partial charge in [0.25, 0.3) is 10.0 Å². The Kier molecular flexibility index (Phi) is 4.53. The Morgan fingerprint density at radius 2 is 1.23 bits per heavy atom. The molecule has 1 unspecified atom stereocenters. The smallest absolute Gasteiger partial charge is 0.239 e. The van der Waals surface area contributed by atoms with Crippen LogP contribution in [0.5, 0.6) is 0 Å². The van der Waals surface area contributed by atoms with Gasteiger partial charge in [-0.3, -0.25) is 0 Å². The molecular formula is C16H17NO3S2. The van der Waals surface area contributed by atoms with Gasteiger partial charge in [-0.25, -0.2) is 4.21 Å². The Bertz CT molecular complexity index is 903. The van der Waals surface area contributed by atoms with Gasteiger partial charge < -0.3 is 0 Å². The Hall–Kier alpha value is -1.92. The molecule has 116 valence electrons. The minimum absolute atomic E-state index is 0.0137. The molecule has 6 heteroatoms. The van der Waals surface area contributed by atoms with Crippen LogP contribution in [0.2, 0.25) is 0 Å². The lowest BCUT2D eigenvalue weighted by Gasteiger charge is -2.06. The summed E-state index contributed by atoms with van der Waals surface area (Å²) >= 11 is 0. The number of sulfonamides is 1. The zero-order chi connectivity index (χ0) is 16.4. The number of hydrogen-bond acceptors (Lipinski definition) is 3. The lowest BCUT2D eigenvalue weighted by Crippen LogP contribution is -2.04. The molecule has 0 bridgehead atoms. The molecule has 0 heterocycles. The zero-order valence-corrected chi connectivity index (χ0v) is 14.0. The first-order chi connectivity index (χ1) is 10.3. The van der Waals surface area contributed by atoms with E-state index in [1.807, 2.05) is 13.8 Å². The highest BCUT2D eigenvalue weighted by atomic mass is 32.3. The van der Waals surface area contributed by atoms with Crippen molar-refractivity contribution in [3.63, 3.8) is 0 Å². The van der Waals surface area contributed by atoms with Gasteiger partial charge in [0.15, 0.2) is 0 Å². The predicted molar refractivity (Wildman–Crippen MR) is 88.6 cm³/mol. The molecule has 22 heavy (non-hydrogen) atoms. The van der Waals surface area contributed by atoms with Crippen LogP contribution in [0.4, 0.5) is 0 Å². The van der Waals surface area contributed by atoms with Crippen molar-refractivity contribution in [2.75, 3.05) is 0 Å². The van der Waals surface area contributed by atoms with Crippen LogP contribution in [0.25, 0.3) is 0 Å². The van der Waals surface area contributed by atoms with Crippen molar-refractivity contribution in [3.05, 3.63) is 71.6 Å². The fourth-order valence-corrected chi connectivity index (χ4v) is 5.10. The highest BCUT2D eigenvalue weighted by molar-refractivity contribution is 8.05. The van der Waals surface area contributed by atoms with Gasteiger partial charge in [0, 0.05) is 5.41 Å². The summed E-state index contributed by atoms with van der Waals surface area (Å²) in [7, 11) is -7.26. The SMILES string of the molecule is C=CS(=O)(=NS(=O)(=O)c1ccc(C)cc1)c1ccc(C)cc1. The van der Waals surface area contributed by atoms with E-state index in [1.54, 1.807) is 36.4 Å². The molecule has 0 aliphatic heterocycles. The minimum atomic E-state index is -4.03. The summed E-state index contributed by atoms with van der Waals surface area (Å²) in [5.74, 6) is 0. The molecule has 0 amide bonds. The molecule has 1 atom stereocenters. The number of aryl methyl sites for hydroxylation is 2. The minimum Gasteiger partial charge on any atom is -0.239 e. The van der Waals surface area contributed by atoms with Crippen molar-refractivity contribution in [2.24, 2.45) is 3.77 Å². The summed E-state index contributed by atoms with van der Waals surface area (Å²) < 4.78 is 41.2. The van der Waals surface area contributed by atoms with Gasteiger partial charge >= 0.3 is 0 Å². The molecule has 0 radical (unpaired) electrons. The molecule has 2 aromatic carbocycles. The molecule has 0 aliphatic rings. The van der Waals surface area contributed by atoms with Crippen LogP contribution < -0.4 is 0 Å². The normalized spacial score (nSPS) is 14.1. The highest BCUT2D eigenvalue weighted by Crippen LogP contribution is 2.21. The third-order valence-electron chi connectivity index (χ3n) is 3.11. The van der Waals surface area contributed by atoms with Gasteiger partial charge in [-0.2, -0.15) is 8.42 Å². The summed E-state index contributed by atoms with van der Waals surface area (Å²) in [5.41, 5.74) is 1.91. The van der Waals surface area contributed by atoms with Crippen molar-refractivity contribution >= 4 is 19.8 Å². The second-order valence-corrected chi connectivity index (χ2v) is 8.87. The Labute approximate surface area is 131 Å². The quantitative estimate of drug-likeness (QED) is 0.856. The van der Waals surface area contributed by atoms with Crippen molar-refractivity contribution < 1.29 is 12.6 Å². The van der Waals surface area contributed by atoms with Crippen LogP contribution in [0.15, 0.2) is 74.1 Å². The lowest BCUT2D eigenvalue weighted by molar-refractivity contribution is 0.598. The maximum Gasteiger partial charge on any atom is 0.290 e. The summed E-state index contributed by atoms with van der Waals surface area (Å²) in [5, 5.41) is 1.09. The summed E-state index contributed by atoms with van der Waals surface area (Å²) in [6.45, 7) is 7.23. The van der Waals surface area contributed by atoms with E-state index in [1.165, 1.54) is 12.1 Å². The topological polar surface area (TPSA) is 63.6 Å². The van der Waals surface area contributed by atoms with Crippen molar-refractivity contribution in [2.45, 2.75) is 23.6 Å². The average Bonchev–Trinajstić information content (AvgIpc) is 2.47. The highest BCUT2D eigenvalue weighted by Gasteiger charge is 2.18. The molecule has 0 N–H and O–H groups in total. The molecule has 4 nitrogen and oxygen atoms in total. The third-order valence-corrected chi connectivity index (χ3v) is 7.05. The van der Waals surface area contributed by atoms with Gasteiger partial charge in [0.2, 0.25) is 0 Å². The fourth-order valence-electron chi connectivity index (χ4n) is 1.80. The standard InChI is InChI=1S/C16H17NO3S2/c1-4-21(18,15-9-5-13(2)6-10-15)17-22(19,20)16-11-7-14(3)8-12-16/h4-12H,1H2,2-3H3. The van der Waals surface area contributed by atoms with Crippen LogP contribution in [0.3, 0.4) is 0 Å². The second kappa shape index (κ2) is 6.06. The van der Waals surface area contributed by atoms with Gasteiger partial charge in [-0.15, -0.1) is 0 Å². The van der Waals surface area contributed by atoms with E-state index < -0.39 is 19.8 Å². The van der Waals surface area contributed by atoms with Crippen LogP contribution in [-0.4, -0.2) is 12.6 Å². The van der Waals surface area contributed by atoms with Gasteiger partial charge in [-0.1, -0.05) is 45.7 Å². The molecule has 0 spiro atoms. The van der Waals surface area contributed by atoms with E-state index in [4.69, 9.17) is 0 Å². The molecule has 2 aromatic rings. The molecule has 0 aliphatic carbocycles. The maximum atomic E-state index is 12.9. The summed E-state index contributed by atoms with van der Waals surface area (Å²) in [4.78, 5) is 0.337. The Balaban J connectivity index is 2.61. The number of benzene rings is 2. The van der Waals surface area contributed by atoms with Crippen LogP contribution >= 0.6 is 0 Å². The van der Waals surface area contributed by atoms with Crippen LogP contribution in [0, 0.1) is 13.8 Å². The lowest BCUT2D eigenvalue weighted by atomic mass is 10.2. The van der Waals surface area contributed by atoms with E-state index in [2.05, 4.69) is 10.3 Å². The molecule has 0 saturated carbocycles. The molecule has 2 rings (SSSR count). The first kappa shape index (κ1) is 16.5. The van der Waals surface area contributed by atoms with E-state index in [9.17, 15) is 12.6 Å². The Morgan fingerprint density at radius 1 is 0.818 bits per heavy atom. The van der Waals surface area contributed by atoms with Crippen molar-refractivity contribution in [1.29, 1.82) is 0 Å². The molecule has 0 saturated heterocycles. The zero-order valence-electron chi connectivity index (χ0n) is 12.4. The van der Waals surface area contributed by atoms with E-state index in [-0.39, 0.29) is 4.90 Å². The van der Waals surface area contributed by atoms with Gasteiger partial charge in [0.1, 0.15) is 9.73 Å². The first-order valence-corrected chi connectivity index (χ1v) is 9.58. The van der Waals surface area contributed by atoms with E-state index >= 15 is 0 Å². The van der Waals surface area contributed by atoms with Crippen LogP contribution in [-0.2, 0) is 19.8 Å². The molecule has 0 aromatic heterocycles. The van der Waals surface area contributed by atoms with E-state index in [0.717, 1.165) is 16.5 Å². The molecular weight excluding hydrogens is 318 g/mol. The maximum absolute atomic E-state index is 12.9. The first-order valence-electron chi connectivity index (χ1n) is 6.56. The van der Waals surface area contributed by atoms with Crippen LogP contribution in [0.1, 0.15) is 11.1 Å².